The van der Waals surface area contributed by atoms with E-state index in [2.05, 4.69) is 15.0 Å². The molecule has 1 atom stereocenters. The van der Waals surface area contributed by atoms with Gasteiger partial charge in [-0.3, -0.25) is 14.6 Å². The number of carboxylic acid groups (broad SMARTS) is 1. The van der Waals surface area contributed by atoms with Crippen LogP contribution in [0.25, 0.3) is 0 Å². The number of carbonyl (C=O) groups excluding carboxylic acids is 2. The van der Waals surface area contributed by atoms with Gasteiger partial charge in [-0.05, 0) is 12.1 Å². The quantitative estimate of drug-likeness (QED) is 0.551. The molecule has 0 aliphatic heterocycles. The largest absolute Gasteiger partial charge is 0.480 e. The molecular weight excluding hydrogens is 284 g/mol. The van der Waals surface area contributed by atoms with Crippen molar-refractivity contribution in [2.75, 3.05) is 12.9 Å². The molecule has 8 heteroatoms. The highest BCUT2D eigenvalue weighted by Crippen LogP contribution is 2.15. The molecule has 0 fully saturated rings. The van der Waals surface area contributed by atoms with Gasteiger partial charge in [0.15, 0.2) is 0 Å². The average molecular weight is 298 g/mol. The topological polar surface area (TPSA) is 106 Å². The molecule has 2 N–H and O–H groups in total. The van der Waals surface area contributed by atoms with Gasteiger partial charge in [0.1, 0.15) is 6.04 Å². The molecule has 1 heterocycles. The SMILES string of the molecule is COC(=O)C[C@H](NC(=O)CSc1ccncc1)C(=O)O. The normalized spacial score (nSPS) is 11.4. The van der Waals surface area contributed by atoms with Crippen molar-refractivity contribution >= 4 is 29.6 Å². The Hall–Kier alpha value is -2.09. The van der Waals surface area contributed by atoms with Gasteiger partial charge in [-0.15, -0.1) is 11.8 Å². The number of aromatic nitrogens is 1. The van der Waals surface area contributed by atoms with E-state index in [0.29, 0.717) is 0 Å². The second-order valence-corrected chi connectivity index (χ2v) is 4.76. The minimum absolute atomic E-state index is 0.0506. The fourth-order valence-electron chi connectivity index (χ4n) is 1.27. The molecular formula is C12H14N2O5S. The van der Waals surface area contributed by atoms with Crippen molar-refractivity contribution in [2.45, 2.75) is 17.4 Å². The van der Waals surface area contributed by atoms with Crippen molar-refractivity contribution in [1.82, 2.24) is 10.3 Å². The van der Waals surface area contributed by atoms with Crippen LogP contribution in [0.2, 0.25) is 0 Å². The summed E-state index contributed by atoms with van der Waals surface area (Å²) < 4.78 is 4.38. The van der Waals surface area contributed by atoms with Gasteiger partial charge in [0.05, 0.1) is 19.3 Å². The summed E-state index contributed by atoms with van der Waals surface area (Å²) in [5.41, 5.74) is 0. The maximum absolute atomic E-state index is 11.6. The molecule has 0 aromatic carbocycles. The Kier molecular flexibility index (Phi) is 6.51. The molecule has 0 radical (unpaired) electrons. The number of amides is 1. The molecule has 1 aromatic rings. The van der Waals surface area contributed by atoms with E-state index in [4.69, 9.17) is 5.11 Å². The number of nitrogens with zero attached hydrogens (tertiary/aromatic N) is 1. The Morgan fingerprint density at radius 3 is 2.60 bits per heavy atom. The zero-order valence-corrected chi connectivity index (χ0v) is 11.6. The van der Waals surface area contributed by atoms with E-state index in [1.807, 2.05) is 0 Å². The summed E-state index contributed by atoms with van der Waals surface area (Å²) >= 11 is 1.25. The van der Waals surface area contributed by atoms with E-state index in [1.165, 1.54) is 11.8 Å². The third kappa shape index (κ3) is 5.70. The van der Waals surface area contributed by atoms with Crippen LogP contribution in [0.4, 0.5) is 0 Å². The summed E-state index contributed by atoms with van der Waals surface area (Å²) in [4.78, 5) is 38.3. The molecule has 0 unspecified atom stereocenters. The van der Waals surface area contributed by atoms with Crippen molar-refractivity contribution < 1.29 is 24.2 Å². The molecule has 0 aliphatic carbocycles. The molecule has 0 aliphatic rings. The third-order valence-electron chi connectivity index (χ3n) is 2.25. The molecule has 108 valence electrons. The Bertz CT molecular complexity index is 480. The molecule has 1 aromatic heterocycles. The van der Waals surface area contributed by atoms with E-state index in [9.17, 15) is 14.4 Å². The Labute approximate surface area is 119 Å². The summed E-state index contributed by atoms with van der Waals surface area (Å²) in [6.07, 6.45) is 2.78. The number of nitrogens with one attached hydrogen (secondary N) is 1. The van der Waals surface area contributed by atoms with Crippen molar-refractivity contribution in [3.63, 3.8) is 0 Å². The van der Waals surface area contributed by atoms with E-state index >= 15 is 0 Å². The van der Waals surface area contributed by atoms with Crippen LogP contribution in [0.3, 0.4) is 0 Å². The number of carboxylic acids is 1. The monoisotopic (exact) mass is 298 g/mol. The predicted molar refractivity (Wildman–Crippen MR) is 71.2 cm³/mol. The minimum atomic E-state index is -1.28. The van der Waals surface area contributed by atoms with Crippen LogP contribution in [0.15, 0.2) is 29.4 Å². The van der Waals surface area contributed by atoms with E-state index in [1.54, 1.807) is 24.5 Å². The number of pyridine rings is 1. The zero-order valence-electron chi connectivity index (χ0n) is 10.7. The van der Waals surface area contributed by atoms with Gasteiger partial charge in [0, 0.05) is 17.3 Å². The summed E-state index contributed by atoms with van der Waals surface area (Å²) in [5, 5.41) is 11.2. The smallest absolute Gasteiger partial charge is 0.326 e. The first-order valence-corrected chi connectivity index (χ1v) is 6.63. The summed E-state index contributed by atoms with van der Waals surface area (Å²) in [6.45, 7) is 0. The number of ether oxygens (including phenoxy) is 1. The van der Waals surface area contributed by atoms with Crippen molar-refractivity contribution in [1.29, 1.82) is 0 Å². The number of rotatable bonds is 7. The molecule has 0 spiro atoms. The number of hydrogen-bond acceptors (Lipinski definition) is 6. The Morgan fingerprint density at radius 2 is 2.05 bits per heavy atom. The van der Waals surface area contributed by atoms with Crippen molar-refractivity contribution in [2.24, 2.45) is 0 Å². The maximum Gasteiger partial charge on any atom is 0.326 e. The number of methoxy groups -OCH3 is 1. The van der Waals surface area contributed by atoms with E-state index in [-0.39, 0.29) is 5.75 Å². The van der Waals surface area contributed by atoms with Crippen LogP contribution < -0.4 is 5.32 Å². The second kappa shape index (κ2) is 8.16. The highest BCUT2D eigenvalue weighted by molar-refractivity contribution is 8.00. The molecule has 0 saturated heterocycles. The highest BCUT2D eigenvalue weighted by Gasteiger charge is 2.23. The van der Waals surface area contributed by atoms with Crippen LogP contribution in [0.1, 0.15) is 6.42 Å². The third-order valence-corrected chi connectivity index (χ3v) is 3.26. The molecule has 20 heavy (non-hydrogen) atoms. The van der Waals surface area contributed by atoms with Crippen LogP contribution in [0, 0.1) is 0 Å². The van der Waals surface area contributed by atoms with Crippen LogP contribution in [-0.2, 0) is 19.1 Å². The minimum Gasteiger partial charge on any atom is -0.480 e. The average Bonchev–Trinajstić information content (AvgIpc) is 2.45. The van der Waals surface area contributed by atoms with Gasteiger partial charge in [0.25, 0.3) is 0 Å². The Balaban J connectivity index is 2.46. The fourth-order valence-corrected chi connectivity index (χ4v) is 1.96. The van der Waals surface area contributed by atoms with Gasteiger partial charge in [0.2, 0.25) is 5.91 Å². The second-order valence-electron chi connectivity index (χ2n) is 3.71. The first-order chi connectivity index (χ1) is 9.52. The van der Waals surface area contributed by atoms with Gasteiger partial charge >= 0.3 is 11.9 Å². The highest BCUT2D eigenvalue weighted by atomic mass is 32.2. The lowest BCUT2D eigenvalue weighted by molar-refractivity contribution is -0.148. The maximum atomic E-state index is 11.6. The van der Waals surface area contributed by atoms with Crippen molar-refractivity contribution in [3.8, 4) is 0 Å². The first-order valence-electron chi connectivity index (χ1n) is 5.64. The summed E-state index contributed by atoms with van der Waals surface area (Å²) in [7, 11) is 1.16. The van der Waals surface area contributed by atoms with Gasteiger partial charge in [-0.25, -0.2) is 4.79 Å². The lowest BCUT2D eigenvalue weighted by Gasteiger charge is -2.13. The van der Waals surface area contributed by atoms with Gasteiger partial charge in [-0.2, -0.15) is 0 Å². The molecule has 1 rings (SSSR count). The Morgan fingerprint density at radius 1 is 1.40 bits per heavy atom. The number of thioether (sulfide) groups is 1. The first kappa shape index (κ1) is 16.0. The standard InChI is InChI=1S/C12H14N2O5S/c1-19-11(16)6-9(12(17)18)14-10(15)7-20-8-2-4-13-5-3-8/h2-5,9H,6-7H2,1H3,(H,14,15)(H,17,18)/t9-/m0/s1. The molecule has 1 amide bonds. The number of esters is 1. The lowest BCUT2D eigenvalue weighted by atomic mass is 10.2. The number of carbonyl (C=O) groups is 3. The van der Waals surface area contributed by atoms with Crippen molar-refractivity contribution in [3.05, 3.63) is 24.5 Å². The van der Waals surface area contributed by atoms with Crippen LogP contribution >= 0.6 is 11.8 Å². The zero-order chi connectivity index (χ0) is 15.0. The molecule has 7 nitrogen and oxygen atoms in total. The van der Waals surface area contributed by atoms with Gasteiger partial charge < -0.3 is 15.2 Å². The number of hydrogen-bond donors (Lipinski definition) is 2. The fraction of sp³-hybridized carbons (Fsp3) is 0.333. The molecule has 0 bridgehead atoms. The van der Waals surface area contributed by atoms with Crippen LogP contribution in [-0.4, -0.2) is 46.8 Å². The van der Waals surface area contributed by atoms with E-state index in [0.717, 1.165) is 12.0 Å². The lowest BCUT2D eigenvalue weighted by Crippen LogP contribution is -2.43. The van der Waals surface area contributed by atoms with Gasteiger partial charge in [-0.1, -0.05) is 0 Å². The van der Waals surface area contributed by atoms with E-state index < -0.39 is 30.3 Å². The predicted octanol–water partition coefficient (Wildman–Crippen LogP) is 0.306. The summed E-state index contributed by atoms with van der Waals surface area (Å²) in [6, 6.07) is 2.19. The number of aliphatic carboxylic acids is 1. The van der Waals surface area contributed by atoms with Crippen LogP contribution in [0.5, 0.6) is 0 Å². The summed E-state index contributed by atoms with van der Waals surface area (Å²) in [5.74, 6) is -2.39. The molecule has 0 saturated carbocycles.